The highest BCUT2D eigenvalue weighted by molar-refractivity contribution is 9.10. The maximum Gasteiger partial charge on any atom is 0.147 e. The third-order valence-electron chi connectivity index (χ3n) is 3.80. The SMILES string of the molecule is CN(Cc1cc(Br)cc(F)c1N)C1CCCCC1.Cl. The zero-order chi connectivity index (χ0) is 13.1. The van der Waals surface area contributed by atoms with Gasteiger partial charge in [-0.3, -0.25) is 4.90 Å². The molecule has 5 heteroatoms. The van der Waals surface area contributed by atoms with E-state index in [2.05, 4.69) is 27.9 Å². The molecule has 108 valence electrons. The summed E-state index contributed by atoms with van der Waals surface area (Å²) >= 11 is 3.32. The standard InChI is InChI=1S/C14H20BrFN2.ClH/c1-18(12-5-3-2-4-6-12)9-10-7-11(15)8-13(16)14(10)17;/h7-8,12H,2-6,9,17H2,1H3;1H. The van der Waals surface area contributed by atoms with Crippen molar-refractivity contribution in [1.82, 2.24) is 4.90 Å². The van der Waals surface area contributed by atoms with Gasteiger partial charge in [-0.2, -0.15) is 0 Å². The molecule has 0 unspecified atom stereocenters. The molecule has 0 aliphatic heterocycles. The fourth-order valence-electron chi connectivity index (χ4n) is 2.69. The Morgan fingerprint density at radius 1 is 1.32 bits per heavy atom. The first-order chi connectivity index (χ1) is 8.58. The topological polar surface area (TPSA) is 29.3 Å². The Hall–Kier alpha value is -0.320. The van der Waals surface area contributed by atoms with Gasteiger partial charge in [-0.1, -0.05) is 35.2 Å². The monoisotopic (exact) mass is 350 g/mol. The molecule has 0 radical (unpaired) electrons. The molecule has 19 heavy (non-hydrogen) atoms. The molecule has 0 amide bonds. The Morgan fingerprint density at radius 2 is 1.95 bits per heavy atom. The van der Waals surface area contributed by atoms with Crippen molar-refractivity contribution in [3.8, 4) is 0 Å². The van der Waals surface area contributed by atoms with E-state index >= 15 is 0 Å². The Morgan fingerprint density at radius 3 is 2.58 bits per heavy atom. The molecule has 2 rings (SSSR count). The Bertz CT molecular complexity index is 422. The molecule has 0 aromatic heterocycles. The Kier molecular flexibility index (Phi) is 6.57. The molecule has 0 bridgehead atoms. The smallest absolute Gasteiger partial charge is 0.147 e. The first-order valence-electron chi connectivity index (χ1n) is 6.51. The van der Waals surface area contributed by atoms with Gasteiger partial charge < -0.3 is 5.73 Å². The number of nitrogens with two attached hydrogens (primary N) is 1. The molecule has 0 saturated heterocycles. The van der Waals surface area contributed by atoms with E-state index in [-0.39, 0.29) is 23.9 Å². The fraction of sp³-hybridized carbons (Fsp3) is 0.571. The minimum atomic E-state index is -0.337. The number of anilines is 1. The van der Waals surface area contributed by atoms with Crippen LogP contribution >= 0.6 is 28.3 Å². The van der Waals surface area contributed by atoms with Crippen LogP contribution in [0.5, 0.6) is 0 Å². The summed E-state index contributed by atoms with van der Waals surface area (Å²) in [6.07, 6.45) is 6.44. The number of benzene rings is 1. The lowest BCUT2D eigenvalue weighted by Crippen LogP contribution is -2.33. The Labute approximate surface area is 129 Å². The van der Waals surface area contributed by atoms with Crippen LogP contribution in [-0.4, -0.2) is 18.0 Å². The van der Waals surface area contributed by atoms with Gasteiger partial charge in [0.15, 0.2) is 0 Å². The number of hydrogen-bond acceptors (Lipinski definition) is 2. The predicted molar refractivity (Wildman–Crippen MR) is 84.1 cm³/mol. The van der Waals surface area contributed by atoms with Crippen molar-refractivity contribution in [2.24, 2.45) is 0 Å². The summed E-state index contributed by atoms with van der Waals surface area (Å²) in [6.45, 7) is 0.715. The van der Waals surface area contributed by atoms with Crippen LogP contribution in [0.2, 0.25) is 0 Å². The minimum Gasteiger partial charge on any atom is -0.396 e. The number of rotatable bonds is 3. The molecule has 1 saturated carbocycles. The molecule has 2 N–H and O–H groups in total. The van der Waals surface area contributed by atoms with Gasteiger partial charge in [0.1, 0.15) is 5.82 Å². The second-order valence-electron chi connectivity index (χ2n) is 5.17. The summed E-state index contributed by atoms with van der Waals surface area (Å²) in [6, 6.07) is 3.94. The van der Waals surface area contributed by atoms with Crippen molar-refractivity contribution < 1.29 is 4.39 Å². The average Bonchev–Trinajstić information content (AvgIpc) is 2.36. The van der Waals surface area contributed by atoms with Gasteiger partial charge in [0.2, 0.25) is 0 Å². The largest absolute Gasteiger partial charge is 0.396 e. The summed E-state index contributed by atoms with van der Waals surface area (Å²) in [4.78, 5) is 2.30. The number of halogens is 3. The molecule has 1 aliphatic carbocycles. The van der Waals surface area contributed by atoms with Gasteiger partial charge in [0.05, 0.1) is 5.69 Å². The normalized spacial score (nSPS) is 16.4. The molecule has 0 atom stereocenters. The first kappa shape index (κ1) is 16.7. The second kappa shape index (κ2) is 7.46. The van der Waals surface area contributed by atoms with Gasteiger partial charge >= 0.3 is 0 Å². The lowest BCUT2D eigenvalue weighted by Gasteiger charge is -2.31. The highest BCUT2D eigenvalue weighted by Crippen LogP contribution is 2.27. The van der Waals surface area contributed by atoms with E-state index in [9.17, 15) is 4.39 Å². The van der Waals surface area contributed by atoms with Crippen molar-refractivity contribution in [2.45, 2.75) is 44.7 Å². The minimum absolute atomic E-state index is 0. The third kappa shape index (κ3) is 4.33. The van der Waals surface area contributed by atoms with Crippen molar-refractivity contribution in [2.75, 3.05) is 12.8 Å². The van der Waals surface area contributed by atoms with E-state index in [4.69, 9.17) is 5.73 Å². The average molecular weight is 352 g/mol. The van der Waals surface area contributed by atoms with E-state index < -0.39 is 0 Å². The highest BCUT2D eigenvalue weighted by Gasteiger charge is 2.19. The Balaban J connectivity index is 0.00000180. The van der Waals surface area contributed by atoms with Crippen molar-refractivity contribution in [3.63, 3.8) is 0 Å². The van der Waals surface area contributed by atoms with Crippen molar-refractivity contribution in [3.05, 3.63) is 28.0 Å². The number of hydrogen-bond donors (Lipinski definition) is 1. The van der Waals surface area contributed by atoms with Crippen LogP contribution in [0.1, 0.15) is 37.7 Å². The highest BCUT2D eigenvalue weighted by atomic mass is 79.9. The molecular weight excluding hydrogens is 331 g/mol. The van der Waals surface area contributed by atoms with Crippen LogP contribution in [0, 0.1) is 5.82 Å². The van der Waals surface area contributed by atoms with E-state index in [1.165, 1.54) is 38.2 Å². The first-order valence-corrected chi connectivity index (χ1v) is 7.31. The van der Waals surface area contributed by atoms with Gasteiger partial charge in [0, 0.05) is 17.1 Å². The zero-order valence-electron chi connectivity index (χ0n) is 11.2. The summed E-state index contributed by atoms with van der Waals surface area (Å²) in [5, 5.41) is 0. The molecular formula is C14H21BrClFN2. The van der Waals surface area contributed by atoms with E-state index in [0.717, 1.165) is 10.0 Å². The number of nitrogens with zero attached hydrogens (tertiary/aromatic N) is 1. The maximum absolute atomic E-state index is 13.6. The van der Waals surface area contributed by atoms with E-state index in [0.29, 0.717) is 12.6 Å². The quantitative estimate of drug-likeness (QED) is 0.820. The van der Waals surface area contributed by atoms with Crippen LogP contribution in [0.25, 0.3) is 0 Å². The summed E-state index contributed by atoms with van der Waals surface area (Å²) in [5.74, 6) is -0.337. The molecule has 0 heterocycles. The predicted octanol–water partition coefficient (Wildman–Crippen LogP) is 4.36. The van der Waals surface area contributed by atoms with Gasteiger partial charge in [0.25, 0.3) is 0 Å². The summed E-state index contributed by atoms with van der Waals surface area (Å²) < 4.78 is 14.3. The van der Waals surface area contributed by atoms with Gasteiger partial charge in [-0.15, -0.1) is 12.4 Å². The van der Waals surface area contributed by atoms with Crippen LogP contribution in [0.3, 0.4) is 0 Å². The maximum atomic E-state index is 13.6. The molecule has 1 aromatic rings. The molecule has 1 fully saturated rings. The van der Waals surface area contributed by atoms with Crippen LogP contribution in [0.15, 0.2) is 16.6 Å². The van der Waals surface area contributed by atoms with Gasteiger partial charge in [-0.25, -0.2) is 4.39 Å². The lowest BCUT2D eigenvalue weighted by atomic mass is 9.94. The molecule has 1 aliphatic rings. The molecule has 1 aromatic carbocycles. The fourth-order valence-corrected chi connectivity index (χ4v) is 3.17. The van der Waals surface area contributed by atoms with Gasteiger partial charge in [-0.05, 0) is 37.6 Å². The van der Waals surface area contributed by atoms with Crippen LogP contribution in [0.4, 0.5) is 10.1 Å². The van der Waals surface area contributed by atoms with Crippen molar-refractivity contribution in [1.29, 1.82) is 0 Å². The zero-order valence-corrected chi connectivity index (χ0v) is 13.6. The van der Waals surface area contributed by atoms with Crippen LogP contribution < -0.4 is 5.73 Å². The second-order valence-corrected chi connectivity index (χ2v) is 6.08. The molecule has 0 spiro atoms. The number of nitrogen functional groups attached to an aromatic ring is 1. The van der Waals surface area contributed by atoms with Crippen LogP contribution in [-0.2, 0) is 6.54 Å². The van der Waals surface area contributed by atoms with E-state index in [1.807, 2.05) is 6.07 Å². The summed E-state index contributed by atoms with van der Waals surface area (Å²) in [7, 11) is 2.11. The lowest BCUT2D eigenvalue weighted by molar-refractivity contribution is 0.184. The molecule has 2 nitrogen and oxygen atoms in total. The summed E-state index contributed by atoms with van der Waals surface area (Å²) in [5.41, 5.74) is 6.96. The van der Waals surface area contributed by atoms with E-state index in [1.54, 1.807) is 0 Å². The third-order valence-corrected chi connectivity index (χ3v) is 4.26. The van der Waals surface area contributed by atoms with Crippen molar-refractivity contribution >= 4 is 34.0 Å².